The lowest BCUT2D eigenvalue weighted by Crippen LogP contribution is -2.38. The summed E-state index contributed by atoms with van der Waals surface area (Å²) in [6.07, 6.45) is 1.73. The van der Waals surface area contributed by atoms with E-state index in [-0.39, 0.29) is 36.8 Å². The number of hydrogen-bond acceptors (Lipinski definition) is 4. The largest absolute Gasteiger partial charge is 0.482 e. The second kappa shape index (κ2) is 9.08. The van der Waals surface area contributed by atoms with E-state index in [2.05, 4.69) is 17.4 Å². The summed E-state index contributed by atoms with van der Waals surface area (Å²) in [6.45, 7) is 4.18. The van der Waals surface area contributed by atoms with Gasteiger partial charge in [-0.2, -0.15) is 0 Å². The van der Waals surface area contributed by atoms with E-state index in [4.69, 9.17) is 9.15 Å². The van der Waals surface area contributed by atoms with Gasteiger partial charge in [0.25, 0.3) is 11.8 Å². The predicted molar refractivity (Wildman–Crippen MR) is 118 cm³/mol. The van der Waals surface area contributed by atoms with Gasteiger partial charge in [-0.1, -0.05) is 36.4 Å². The molecule has 0 saturated heterocycles. The Morgan fingerprint density at radius 1 is 1.13 bits per heavy atom. The molecule has 0 saturated carbocycles. The fourth-order valence-corrected chi connectivity index (χ4v) is 3.62. The molecule has 0 fully saturated rings. The van der Waals surface area contributed by atoms with Gasteiger partial charge in [-0.15, -0.1) is 0 Å². The lowest BCUT2D eigenvalue weighted by Gasteiger charge is -2.29. The molecule has 0 radical (unpaired) electrons. The molecule has 0 bridgehead atoms. The minimum atomic E-state index is -0.253. The van der Waals surface area contributed by atoms with Crippen LogP contribution in [0.15, 0.2) is 65.1 Å². The number of anilines is 1. The minimum absolute atomic E-state index is 0.0109. The maximum absolute atomic E-state index is 12.6. The lowest BCUT2D eigenvalue weighted by molar-refractivity contribution is -0.121. The first kappa shape index (κ1) is 20.7. The first-order valence-electron chi connectivity index (χ1n) is 10.5. The van der Waals surface area contributed by atoms with Crippen LogP contribution in [0, 0.1) is 6.92 Å². The average molecular weight is 418 g/mol. The van der Waals surface area contributed by atoms with E-state index in [9.17, 15) is 9.59 Å². The number of aryl methyl sites for hydroxylation is 2. The van der Waals surface area contributed by atoms with Gasteiger partial charge in [0, 0.05) is 6.04 Å². The number of fused-ring (bicyclic) bond motifs is 1. The number of benzene rings is 2. The van der Waals surface area contributed by atoms with Crippen LogP contribution in [0.5, 0.6) is 5.75 Å². The molecule has 1 unspecified atom stereocenters. The molecule has 6 heteroatoms. The molecule has 0 aliphatic carbocycles. The summed E-state index contributed by atoms with van der Waals surface area (Å²) in [5.74, 6) is 1.06. The monoisotopic (exact) mass is 418 g/mol. The van der Waals surface area contributed by atoms with Crippen molar-refractivity contribution in [3.63, 3.8) is 0 Å². The Balaban J connectivity index is 1.37. The zero-order valence-corrected chi connectivity index (χ0v) is 17.8. The molecule has 1 aromatic heterocycles. The normalized spacial score (nSPS) is 14.0. The number of carbonyl (C=O) groups excluding carboxylic acids is 2. The summed E-state index contributed by atoms with van der Waals surface area (Å²) in [6, 6.07) is 19.3. The summed E-state index contributed by atoms with van der Waals surface area (Å²) in [5, 5.41) is 2.98. The van der Waals surface area contributed by atoms with Crippen LogP contribution in [0.3, 0.4) is 0 Å². The van der Waals surface area contributed by atoms with Crippen molar-refractivity contribution in [3.8, 4) is 5.75 Å². The Labute approximate surface area is 181 Å². The molecule has 1 atom stereocenters. The smallest absolute Gasteiger partial charge is 0.287 e. The van der Waals surface area contributed by atoms with Crippen molar-refractivity contribution in [2.24, 2.45) is 0 Å². The highest BCUT2D eigenvalue weighted by Crippen LogP contribution is 2.34. The van der Waals surface area contributed by atoms with Crippen LogP contribution in [0.2, 0.25) is 0 Å². The van der Waals surface area contributed by atoms with Crippen molar-refractivity contribution in [3.05, 3.63) is 83.3 Å². The molecule has 1 aliphatic heterocycles. The number of nitrogens with zero attached hydrogens (tertiary/aromatic N) is 1. The summed E-state index contributed by atoms with van der Waals surface area (Å²) >= 11 is 0. The van der Waals surface area contributed by atoms with Gasteiger partial charge < -0.3 is 14.5 Å². The standard InChI is InChI=1S/C25H26N2O4/c1-17-8-12-22-21(14-17)27(24(28)16-30-22)15-20-11-13-23(31-20)25(29)26-18(2)9-10-19-6-4-3-5-7-19/h3-8,11-14,18H,9-10,15-16H2,1-2H3,(H,26,29). The fraction of sp³-hybridized carbons (Fsp3) is 0.280. The van der Waals surface area contributed by atoms with Crippen molar-refractivity contribution in [2.45, 2.75) is 39.3 Å². The zero-order valence-electron chi connectivity index (χ0n) is 17.8. The fourth-order valence-electron chi connectivity index (χ4n) is 3.62. The van der Waals surface area contributed by atoms with Crippen LogP contribution in [0.4, 0.5) is 5.69 Å². The SMILES string of the molecule is Cc1ccc2c(c1)N(Cc1ccc(C(=O)NC(C)CCc3ccccc3)o1)C(=O)CO2. The summed E-state index contributed by atoms with van der Waals surface area (Å²) in [7, 11) is 0. The van der Waals surface area contributed by atoms with E-state index in [1.54, 1.807) is 17.0 Å². The molecule has 2 amide bonds. The first-order chi connectivity index (χ1) is 15.0. The van der Waals surface area contributed by atoms with Gasteiger partial charge in [0.05, 0.1) is 12.2 Å². The maximum atomic E-state index is 12.6. The number of ether oxygens (including phenoxy) is 1. The minimum Gasteiger partial charge on any atom is -0.482 e. The second-order valence-electron chi connectivity index (χ2n) is 7.90. The average Bonchev–Trinajstić information content (AvgIpc) is 3.24. The van der Waals surface area contributed by atoms with Gasteiger partial charge >= 0.3 is 0 Å². The van der Waals surface area contributed by atoms with Crippen molar-refractivity contribution < 1.29 is 18.7 Å². The molecule has 1 aliphatic rings. The molecular formula is C25H26N2O4. The summed E-state index contributed by atoms with van der Waals surface area (Å²) in [4.78, 5) is 26.6. The highest BCUT2D eigenvalue weighted by atomic mass is 16.5. The van der Waals surface area contributed by atoms with Crippen molar-refractivity contribution in [1.82, 2.24) is 5.32 Å². The van der Waals surface area contributed by atoms with E-state index in [1.807, 2.05) is 50.2 Å². The van der Waals surface area contributed by atoms with Crippen LogP contribution >= 0.6 is 0 Å². The molecule has 160 valence electrons. The number of hydrogen-bond donors (Lipinski definition) is 1. The van der Waals surface area contributed by atoms with E-state index in [0.29, 0.717) is 17.2 Å². The van der Waals surface area contributed by atoms with Crippen LogP contribution in [-0.4, -0.2) is 24.5 Å². The Bertz CT molecular complexity index is 1070. The quantitative estimate of drug-likeness (QED) is 0.622. The maximum Gasteiger partial charge on any atom is 0.287 e. The Morgan fingerprint density at radius 2 is 1.94 bits per heavy atom. The van der Waals surface area contributed by atoms with E-state index >= 15 is 0 Å². The first-order valence-corrected chi connectivity index (χ1v) is 10.5. The molecule has 4 rings (SSSR count). The number of amides is 2. The molecule has 0 spiro atoms. The molecule has 2 heterocycles. The number of furan rings is 1. The highest BCUT2D eigenvalue weighted by molar-refractivity contribution is 5.97. The van der Waals surface area contributed by atoms with E-state index in [0.717, 1.165) is 18.4 Å². The van der Waals surface area contributed by atoms with Gasteiger partial charge in [0.1, 0.15) is 11.5 Å². The van der Waals surface area contributed by atoms with Gasteiger partial charge in [-0.25, -0.2) is 0 Å². The molecule has 1 N–H and O–H groups in total. The van der Waals surface area contributed by atoms with Crippen LogP contribution in [0.1, 0.15) is 40.8 Å². The van der Waals surface area contributed by atoms with Gasteiger partial charge in [-0.05, 0) is 62.1 Å². The Morgan fingerprint density at radius 3 is 2.74 bits per heavy atom. The number of rotatable bonds is 7. The number of carbonyl (C=O) groups is 2. The van der Waals surface area contributed by atoms with Crippen molar-refractivity contribution >= 4 is 17.5 Å². The van der Waals surface area contributed by atoms with Crippen LogP contribution in [0.25, 0.3) is 0 Å². The van der Waals surface area contributed by atoms with Gasteiger partial charge in [0.15, 0.2) is 12.4 Å². The third kappa shape index (κ3) is 4.97. The van der Waals surface area contributed by atoms with Gasteiger partial charge in [0.2, 0.25) is 0 Å². The molecular weight excluding hydrogens is 392 g/mol. The molecule has 31 heavy (non-hydrogen) atoms. The zero-order chi connectivity index (χ0) is 21.8. The molecule has 3 aromatic rings. The Hall–Kier alpha value is -3.54. The summed E-state index contributed by atoms with van der Waals surface area (Å²) < 4.78 is 11.3. The number of nitrogens with one attached hydrogen (secondary N) is 1. The summed E-state index contributed by atoms with van der Waals surface area (Å²) in [5.41, 5.74) is 2.99. The second-order valence-corrected chi connectivity index (χ2v) is 7.90. The topological polar surface area (TPSA) is 71.8 Å². The van der Waals surface area contributed by atoms with Crippen molar-refractivity contribution in [1.29, 1.82) is 0 Å². The third-order valence-corrected chi connectivity index (χ3v) is 5.34. The van der Waals surface area contributed by atoms with Crippen LogP contribution in [-0.2, 0) is 17.8 Å². The third-order valence-electron chi connectivity index (χ3n) is 5.34. The highest BCUT2D eigenvalue weighted by Gasteiger charge is 2.27. The van der Waals surface area contributed by atoms with Crippen molar-refractivity contribution in [2.75, 3.05) is 11.5 Å². The lowest BCUT2D eigenvalue weighted by atomic mass is 10.1. The van der Waals surface area contributed by atoms with E-state index in [1.165, 1.54) is 5.56 Å². The van der Waals surface area contributed by atoms with Gasteiger partial charge in [-0.3, -0.25) is 14.5 Å². The Kier molecular flexibility index (Phi) is 6.07. The molecule has 6 nitrogen and oxygen atoms in total. The molecule has 2 aromatic carbocycles. The predicted octanol–water partition coefficient (Wildman–Crippen LogP) is 4.26. The van der Waals surface area contributed by atoms with Crippen LogP contribution < -0.4 is 15.0 Å². The van der Waals surface area contributed by atoms with E-state index < -0.39 is 0 Å².